The van der Waals surface area contributed by atoms with Crippen molar-refractivity contribution >= 4 is 6.92 Å². The summed E-state index contributed by atoms with van der Waals surface area (Å²) >= 11 is 0. The molecule has 1 nitrogen and oxygen atoms in total. The first-order chi connectivity index (χ1) is 7.06. The van der Waals surface area contributed by atoms with Gasteiger partial charge in [-0.2, -0.15) is 0 Å². The van der Waals surface area contributed by atoms with E-state index in [1.165, 1.54) is 6.08 Å². The van der Waals surface area contributed by atoms with Gasteiger partial charge in [0, 0.05) is 6.10 Å². The fourth-order valence-electron chi connectivity index (χ4n) is 2.02. The van der Waals surface area contributed by atoms with E-state index in [-0.39, 0.29) is 6.92 Å². The zero-order valence-electron chi connectivity index (χ0n) is 9.66. The van der Waals surface area contributed by atoms with Gasteiger partial charge in [-0.3, -0.25) is 0 Å². The van der Waals surface area contributed by atoms with E-state index >= 15 is 0 Å². The minimum absolute atomic E-state index is 0.0873. The van der Waals surface area contributed by atoms with Gasteiger partial charge in [-0.1, -0.05) is 24.0 Å². The standard InChI is InChI=1S/C12H18BFO/c1-9(6-5-7-14)12(4)13-10(2)8-11(3)15-13/h5-7,10-11H,4,8H2,1-3H3/b7-5+,9-6-. The summed E-state index contributed by atoms with van der Waals surface area (Å²) in [5.74, 6) is 0.491. The van der Waals surface area contributed by atoms with Crippen LogP contribution in [0.25, 0.3) is 0 Å². The Morgan fingerprint density at radius 3 is 2.67 bits per heavy atom. The smallest absolute Gasteiger partial charge is 0.329 e. The summed E-state index contributed by atoms with van der Waals surface area (Å²) in [6.07, 6.45) is 4.99. The van der Waals surface area contributed by atoms with Crippen LogP contribution in [0.4, 0.5) is 4.39 Å². The van der Waals surface area contributed by atoms with Crippen molar-refractivity contribution in [2.75, 3.05) is 0 Å². The first-order valence-corrected chi connectivity index (χ1v) is 5.34. The molecule has 0 spiro atoms. The fraction of sp³-hybridized carbons (Fsp3) is 0.500. The Hall–Kier alpha value is -0.825. The van der Waals surface area contributed by atoms with E-state index < -0.39 is 0 Å². The Morgan fingerprint density at radius 2 is 2.20 bits per heavy atom. The van der Waals surface area contributed by atoms with Crippen molar-refractivity contribution < 1.29 is 9.04 Å². The predicted molar refractivity (Wildman–Crippen MR) is 63.5 cm³/mol. The van der Waals surface area contributed by atoms with E-state index in [2.05, 4.69) is 20.4 Å². The third-order valence-corrected chi connectivity index (χ3v) is 2.87. The summed E-state index contributed by atoms with van der Waals surface area (Å²) < 4.78 is 17.6. The van der Waals surface area contributed by atoms with Gasteiger partial charge in [-0.25, -0.2) is 4.39 Å². The molecule has 2 atom stereocenters. The highest BCUT2D eigenvalue weighted by atomic mass is 19.1. The molecule has 82 valence electrons. The molecule has 0 aromatic carbocycles. The van der Waals surface area contributed by atoms with Gasteiger partial charge >= 0.3 is 6.92 Å². The summed E-state index contributed by atoms with van der Waals surface area (Å²) in [7, 11) is 0. The monoisotopic (exact) mass is 208 g/mol. The highest BCUT2D eigenvalue weighted by molar-refractivity contribution is 6.63. The minimum atomic E-state index is 0.0873. The average molecular weight is 208 g/mol. The lowest BCUT2D eigenvalue weighted by Crippen LogP contribution is -2.20. The van der Waals surface area contributed by atoms with Crippen LogP contribution >= 0.6 is 0 Å². The number of halogens is 1. The van der Waals surface area contributed by atoms with E-state index in [9.17, 15) is 4.39 Å². The van der Waals surface area contributed by atoms with Gasteiger partial charge < -0.3 is 4.65 Å². The molecule has 0 aliphatic carbocycles. The summed E-state index contributed by atoms with van der Waals surface area (Å²) in [5.41, 5.74) is 1.94. The second-order valence-electron chi connectivity index (χ2n) is 4.27. The molecule has 3 heteroatoms. The van der Waals surface area contributed by atoms with Crippen LogP contribution in [0.15, 0.2) is 36.1 Å². The molecule has 1 fully saturated rings. The number of hydrogen-bond acceptors (Lipinski definition) is 1. The van der Waals surface area contributed by atoms with E-state index in [0.717, 1.165) is 17.5 Å². The molecule has 0 aromatic heterocycles. The lowest BCUT2D eigenvalue weighted by Gasteiger charge is -2.14. The fourth-order valence-corrected chi connectivity index (χ4v) is 2.02. The van der Waals surface area contributed by atoms with E-state index in [1.807, 2.05) is 6.92 Å². The first-order valence-electron chi connectivity index (χ1n) is 5.34. The Bertz CT molecular complexity index is 296. The highest BCUT2D eigenvalue weighted by Gasteiger charge is 2.36. The largest absolute Gasteiger partial charge is 0.428 e. The molecule has 0 N–H and O–H groups in total. The lowest BCUT2D eigenvalue weighted by atomic mass is 9.51. The van der Waals surface area contributed by atoms with Gasteiger partial charge in [-0.15, -0.1) is 6.58 Å². The van der Waals surface area contributed by atoms with Crippen LogP contribution in [0.3, 0.4) is 0 Å². The molecule has 2 unspecified atom stereocenters. The van der Waals surface area contributed by atoms with Crippen molar-refractivity contribution in [3.05, 3.63) is 36.1 Å². The zero-order valence-corrected chi connectivity index (χ0v) is 9.66. The maximum absolute atomic E-state index is 11.8. The van der Waals surface area contributed by atoms with Crippen LogP contribution in [-0.4, -0.2) is 13.0 Å². The Labute approximate surface area is 91.8 Å². The topological polar surface area (TPSA) is 9.23 Å². The van der Waals surface area contributed by atoms with Crippen molar-refractivity contribution in [1.29, 1.82) is 0 Å². The predicted octanol–water partition coefficient (Wildman–Crippen LogP) is 3.70. The molecule has 15 heavy (non-hydrogen) atoms. The minimum Gasteiger partial charge on any atom is -0.428 e. The van der Waals surface area contributed by atoms with Crippen molar-refractivity contribution in [3.8, 4) is 0 Å². The first kappa shape index (κ1) is 12.2. The molecule has 0 aromatic rings. The molecular formula is C12H18BFO. The second kappa shape index (κ2) is 5.31. The molecular weight excluding hydrogens is 190 g/mol. The summed E-state index contributed by atoms with van der Waals surface area (Å²) in [6, 6.07) is 0. The SMILES string of the molecule is C=C(B1OC(C)CC1C)/C(C)=C\C=C\F. The van der Waals surface area contributed by atoms with E-state index in [4.69, 9.17) is 4.65 Å². The molecule has 1 aliphatic rings. The van der Waals surface area contributed by atoms with Crippen LogP contribution in [0.1, 0.15) is 27.2 Å². The Kier molecular flexibility index (Phi) is 4.34. The lowest BCUT2D eigenvalue weighted by molar-refractivity contribution is 0.255. The van der Waals surface area contributed by atoms with Gasteiger partial charge in [0.15, 0.2) is 0 Å². The van der Waals surface area contributed by atoms with Crippen LogP contribution in [0.5, 0.6) is 0 Å². The molecule has 0 saturated carbocycles. The number of hydrogen-bond donors (Lipinski definition) is 0. The van der Waals surface area contributed by atoms with Crippen LogP contribution in [0.2, 0.25) is 5.82 Å². The second-order valence-corrected chi connectivity index (χ2v) is 4.27. The van der Waals surface area contributed by atoms with Gasteiger partial charge in [0.25, 0.3) is 0 Å². The van der Waals surface area contributed by atoms with Crippen molar-refractivity contribution in [1.82, 2.24) is 0 Å². The normalized spacial score (nSPS) is 27.7. The van der Waals surface area contributed by atoms with Gasteiger partial charge in [-0.05, 0) is 32.2 Å². The molecule has 1 saturated heterocycles. The maximum atomic E-state index is 11.8. The quantitative estimate of drug-likeness (QED) is 0.507. The molecule has 1 rings (SSSR count). The van der Waals surface area contributed by atoms with Gasteiger partial charge in [0.1, 0.15) is 0 Å². The zero-order chi connectivity index (χ0) is 11.4. The summed E-state index contributed by atoms with van der Waals surface area (Å²) in [4.78, 5) is 0. The van der Waals surface area contributed by atoms with Gasteiger partial charge in [0.05, 0.1) is 6.33 Å². The van der Waals surface area contributed by atoms with Crippen LogP contribution in [0, 0.1) is 0 Å². The number of rotatable bonds is 3. The van der Waals surface area contributed by atoms with E-state index in [1.54, 1.807) is 6.08 Å². The third-order valence-electron chi connectivity index (χ3n) is 2.87. The summed E-state index contributed by atoms with van der Waals surface area (Å²) in [5, 5.41) is 0. The van der Waals surface area contributed by atoms with Crippen LogP contribution in [-0.2, 0) is 4.65 Å². The molecule has 1 aliphatic heterocycles. The van der Waals surface area contributed by atoms with Crippen molar-refractivity contribution in [3.63, 3.8) is 0 Å². The third kappa shape index (κ3) is 3.06. The average Bonchev–Trinajstić information content (AvgIpc) is 2.53. The molecule has 0 amide bonds. The molecule has 1 heterocycles. The molecule has 0 bridgehead atoms. The van der Waals surface area contributed by atoms with Gasteiger partial charge in [0.2, 0.25) is 0 Å². The maximum Gasteiger partial charge on any atom is 0.329 e. The van der Waals surface area contributed by atoms with E-state index in [0.29, 0.717) is 18.3 Å². The summed E-state index contributed by atoms with van der Waals surface area (Å²) in [6.45, 7) is 10.3. The number of allylic oxidation sites excluding steroid dienone is 4. The highest BCUT2D eigenvalue weighted by Crippen LogP contribution is 2.33. The molecule has 0 radical (unpaired) electrons. The van der Waals surface area contributed by atoms with Crippen LogP contribution < -0.4 is 0 Å². The van der Waals surface area contributed by atoms with Crippen molar-refractivity contribution in [2.45, 2.75) is 39.1 Å². The Morgan fingerprint density at radius 1 is 1.53 bits per heavy atom. The van der Waals surface area contributed by atoms with Crippen molar-refractivity contribution in [2.24, 2.45) is 0 Å². The Balaban J connectivity index is 2.68.